The van der Waals surface area contributed by atoms with Gasteiger partial charge in [0.25, 0.3) is 0 Å². The highest BCUT2D eigenvalue weighted by atomic mass is 35.5. The first-order valence-electron chi connectivity index (χ1n) is 11.1. The summed E-state index contributed by atoms with van der Waals surface area (Å²) in [5, 5.41) is 3.07. The molecule has 0 aliphatic heterocycles. The van der Waals surface area contributed by atoms with Crippen molar-refractivity contribution in [1.82, 2.24) is 14.5 Å². The van der Waals surface area contributed by atoms with Crippen LogP contribution in [0.1, 0.15) is 18.1 Å². The molecule has 7 nitrogen and oxygen atoms in total. The molecule has 0 saturated carbocycles. The first-order chi connectivity index (χ1) is 16.8. The van der Waals surface area contributed by atoms with E-state index in [4.69, 9.17) is 11.6 Å². The van der Waals surface area contributed by atoms with E-state index in [9.17, 15) is 19.2 Å². The van der Waals surface area contributed by atoms with E-state index in [0.717, 1.165) is 15.7 Å². The van der Waals surface area contributed by atoms with Gasteiger partial charge < -0.3 is 5.32 Å². The smallest absolute Gasteiger partial charge is 0.317 e. The average Bonchev–Trinajstić information content (AvgIpc) is 2.85. The normalized spacial score (nSPS) is 11.8. The van der Waals surface area contributed by atoms with Gasteiger partial charge in [0.15, 0.2) is 5.78 Å². The second kappa shape index (κ2) is 10.5. The molecule has 0 spiro atoms. The van der Waals surface area contributed by atoms with E-state index in [1.165, 1.54) is 11.5 Å². The fourth-order valence-electron chi connectivity index (χ4n) is 4.00. The number of carbonyl (C=O) groups excluding carboxylic acids is 2. The molecular formula is C27H24ClN3O4. The van der Waals surface area contributed by atoms with E-state index in [2.05, 4.69) is 5.32 Å². The van der Waals surface area contributed by atoms with Crippen molar-refractivity contribution in [3.8, 4) is 0 Å². The lowest BCUT2D eigenvalue weighted by Gasteiger charge is -2.18. The van der Waals surface area contributed by atoms with E-state index < -0.39 is 29.6 Å². The highest BCUT2D eigenvalue weighted by Gasteiger charge is 2.20. The first kappa shape index (κ1) is 24.2. The van der Waals surface area contributed by atoms with Crippen LogP contribution in [0.25, 0.3) is 11.0 Å². The molecule has 0 unspecified atom stereocenters. The Morgan fingerprint density at radius 2 is 1.43 bits per heavy atom. The minimum atomic E-state index is -0.840. The van der Waals surface area contributed by atoms with Gasteiger partial charge in [0.05, 0.1) is 23.6 Å². The van der Waals surface area contributed by atoms with Crippen molar-refractivity contribution >= 4 is 34.3 Å². The molecule has 4 aromatic rings. The van der Waals surface area contributed by atoms with Crippen LogP contribution in [0.4, 0.5) is 0 Å². The van der Waals surface area contributed by atoms with Crippen LogP contribution in [0.3, 0.4) is 0 Å². The lowest BCUT2D eigenvalue weighted by molar-refractivity contribution is -0.127. The van der Waals surface area contributed by atoms with Gasteiger partial charge in [0.2, 0.25) is 5.91 Å². The summed E-state index contributed by atoms with van der Waals surface area (Å²) in [4.78, 5) is 51.2. The summed E-state index contributed by atoms with van der Waals surface area (Å²) >= 11 is 6.20. The number of rotatable bonds is 8. The van der Waals surface area contributed by atoms with Gasteiger partial charge in [0, 0.05) is 5.02 Å². The van der Waals surface area contributed by atoms with Crippen molar-refractivity contribution < 1.29 is 9.59 Å². The van der Waals surface area contributed by atoms with Crippen molar-refractivity contribution in [3.63, 3.8) is 0 Å². The molecule has 1 heterocycles. The molecule has 178 valence electrons. The Morgan fingerprint density at radius 3 is 2.06 bits per heavy atom. The number of hydrogen-bond donors (Lipinski definition) is 1. The summed E-state index contributed by atoms with van der Waals surface area (Å²) in [7, 11) is 0. The number of nitrogens with zero attached hydrogens (tertiary/aromatic N) is 2. The fourth-order valence-corrected chi connectivity index (χ4v) is 4.17. The zero-order valence-corrected chi connectivity index (χ0v) is 19.9. The Balaban J connectivity index is 1.68. The Labute approximate surface area is 206 Å². The quantitative estimate of drug-likeness (QED) is 0.385. The number of amides is 1. The highest BCUT2D eigenvalue weighted by molar-refractivity contribution is 6.31. The zero-order valence-electron chi connectivity index (χ0n) is 19.1. The molecule has 0 aliphatic rings. The van der Waals surface area contributed by atoms with Crippen LogP contribution in [0.15, 0.2) is 88.5 Å². The van der Waals surface area contributed by atoms with Crippen LogP contribution in [0.5, 0.6) is 0 Å². The maximum atomic E-state index is 13.1. The molecule has 1 aromatic heterocycles. The molecule has 8 heteroatoms. The van der Waals surface area contributed by atoms with Crippen LogP contribution >= 0.6 is 11.6 Å². The third-order valence-corrected chi connectivity index (χ3v) is 6.02. The van der Waals surface area contributed by atoms with Crippen molar-refractivity contribution in [3.05, 3.63) is 116 Å². The first-order valence-corrected chi connectivity index (χ1v) is 11.5. The van der Waals surface area contributed by atoms with Gasteiger partial charge in [-0.1, -0.05) is 72.3 Å². The fraction of sp³-hybridized carbons (Fsp3) is 0.185. The topological polar surface area (TPSA) is 90.2 Å². The Kier molecular flexibility index (Phi) is 7.27. The Bertz CT molecular complexity index is 1490. The summed E-state index contributed by atoms with van der Waals surface area (Å²) in [5.74, 6) is -0.759. The van der Waals surface area contributed by atoms with Crippen molar-refractivity contribution in [1.29, 1.82) is 0 Å². The number of halogens is 1. The molecule has 1 N–H and O–H groups in total. The molecule has 35 heavy (non-hydrogen) atoms. The summed E-state index contributed by atoms with van der Waals surface area (Å²) in [5.41, 5.74) is 0.993. The number of hydrogen-bond acceptors (Lipinski definition) is 4. The van der Waals surface area contributed by atoms with Gasteiger partial charge in [-0.25, -0.2) is 0 Å². The van der Waals surface area contributed by atoms with Gasteiger partial charge in [-0.3, -0.25) is 28.3 Å². The second-order valence-electron chi connectivity index (χ2n) is 8.32. The number of ketones is 1. The molecule has 0 saturated heterocycles. The second-order valence-corrected chi connectivity index (χ2v) is 8.76. The number of fused-ring (bicyclic) bond motifs is 1. The van der Waals surface area contributed by atoms with Gasteiger partial charge >= 0.3 is 11.1 Å². The third kappa shape index (κ3) is 5.58. The molecule has 1 atom stereocenters. The predicted octanol–water partition coefficient (Wildman–Crippen LogP) is 3.18. The van der Waals surface area contributed by atoms with Crippen molar-refractivity contribution in [2.45, 2.75) is 32.5 Å². The number of Topliss-reactive ketones (excluding diaryl/α,β-unsaturated/α-hetero) is 1. The molecule has 4 rings (SSSR count). The van der Waals surface area contributed by atoms with Crippen molar-refractivity contribution in [2.75, 3.05) is 0 Å². The molecule has 3 aromatic carbocycles. The number of benzene rings is 3. The van der Waals surface area contributed by atoms with Crippen LogP contribution in [-0.4, -0.2) is 26.9 Å². The SMILES string of the molecule is CC(=O)[C@H](Cc1ccccc1)NC(=O)Cn1c(=O)c(=O)n(Cc2ccccc2)c2ccc(Cl)cc21. The molecule has 0 radical (unpaired) electrons. The summed E-state index contributed by atoms with van der Waals surface area (Å²) in [6.07, 6.45) is 0.321. The highest BCUT2D eigenvalue weighted by Crippen LogP contribution is 2.18. The monoisotopic (exact) mass is 489 g/mol. The van der Waals surface area contributed by atoms with Crippen LogP contribution in [0.2, 0.25) is 5.02 Å². The van der Waals surface area contributed by atoms with Gasteiger partial charge in [-0.15, -0.1) is 0 Å². The number of carbonyl (C=O) groups is 2. The molecular weight excluding hydrogens is 466 g/mol. The minimum absolute atomic E-state index is 0.198. The van der Waals surface area contributed by atoms with Crippen LogP contribution < -0.4 is 16.4 Å². The van der Waals surface area contributed by atoms with E-state index >= 15 is 0 Å². The van der Waals surface area contributed by atoms with E-state index in [1.807, 2.05) is 60.7 Å². The lowest BCUT2D eigenvalue weighted by atomic mass is 10.0. The largest absolute Gasteiger partial charge is 0.344 e. The van der Waals surface area contributed by atoms with E-state index in [1.54, 1.807) is 18.2 Å². The third-order valence-electron chi connectivity index (χ3n) is 5.79. The minimum Gasteiger partial charge on any atom is -0.344 e. The standard InChI is InChI=1S/C27H24ClN3O4/c1-18(32)22(14-19-8-4-2-5-9-19)29-25(33)17-31-24-15-21(28)12-13-23(24)30(26(34)27(31)35)16-20-10-6-3-7-11-20/h2-13,15,22H,14,16-17H2,1H3,(H,29,33)/t22-/m0/s1. The lowest BCUT2D eigenvalue weighted by Crippen LogP contribution is -2.47. The van der Waals surface area contributed by atoms with Crippen LogP contribution in [0, 0.1) is 0 Å². The molecule has 0 bridgehead atoms. The Hall–Kier alpha value is -3.97. The molecule has 0 aliphatic carbocycles. The zero-order chi connectivity index (χ0) is 24.9. The number of nitrogens with one attached hydrogen (secondary N) is 1. The van der Waals surface area contributed by atoms with Gasteiger partial charge in [0.1, 0.15) is 6.54 Å². The van der Waals surface area contributed by atoms with E-state index in [0.29, 0.717) is 22.5 Å². The average molecular weight is 490 g/mol. The predicted molar refractivity (Wildman–Crippen MR) is 136 cm³/mol. The van der Waals surface area contributed by atoms with Crippen molar-refractivity contribution in [2.24, 2.45) is 0 Å². The summed E-state index contributed by atoms with van der Waals surface area (Å²) in [6.45, 7) is 1.18. The van der Waals surface area contributed by atoms with Crippen LogP contribution in [-0.2, 0) is 29.1 Å². The van der Waals surface area contributed by atoms with E-state index in [-0.39, 0.29) is 12.3 Å². The molecule has 1 amide bonds. The maximum Gasteiger partial charge on any atom is 0.317 e. The van der Waals surface area contributed by atoms with Gasteiger partial charge in [-0.2, -0.15) is 0 Å². The number of aromatic nitrogens is 2. The van der Waals surface area contributed by atoms with Gasteiger partial charge in [-0.05, 0) is 42.7 Å². The Morgan fingerprint density at radius 1 is 0.829 bits per heavy atom. The summed E-state index contributed by atoms with van der Waals surface area (Å²) in [6, 6.07) is 22.7. The molecule has 0 fully saturated rings. The summed E-state index contributed by atoms with van der Waals surface area (Å²) < 4.78 is 2.49. The maximum absolute atomic E-state index is 13.1.